The highest BCUT2D eigenvalue weighted by atomic mass is 16.7. The highest BCUT2D eigenvalue weighted by Crippen LogP contribution is 2.38. The van der Waals surface area contributed by atoms with Gasteiger partial charge >= 0.3 is 0 Å². The van der Waals surface area contributed by atoms with Crippen molar-refractivity contribution in [1.82, 2.24) is 4.90 Å². The van der Waals surface area contributed by atoms with Crippen LogP contribution in [0.5, 0.6) is 17.2 Å². The van der Waals surface area contributed by atoms with E-state index in [4.69, 9.17) is 14.2 Å². The molecule has 0 unspecified atom stereocenters. The number of fused-ring (bicyclic) bond motifs is 1. The Bertz CT molecular complexity index is 487. The monoisotopic (exact) mass is 265 g/mol. The Morgan fingerprint density at radius 1 is 1.26 bits per heavy atom. The van der Waals surface area contributed by atoms with Gasteiger partial charge in [0.1, 0.15) is 5.75 Å². The van der Waals surface area contributed by atoms with Crippen LogP contribution in [0.2, 0.25) is 0 Å². The molecule has 2 aliphatic rings. The first-order valence-electron chi connectivity index (χ1n) is 6.51. The molecule has 0 bridgehead atoms. The quantitative estimate of drug-likeness (QED) is 0.882. The van der Waals surface area contributed by atoms with E-state index < -0.39 is 0 Å². The number of morpholine rings is 1. The zero-order chi connectivity index (χ0) is 13.5. The van der Waals surface area contributed by atoms with E-state index in [2.05, 4.69) is 18.7 Å². The number of rotatable bonds is 2. The van der Waals surface area contributed by atoms with Crippen molar-refractivity contribution in [3.05, 3.63) is 17.7 Å². The molecule has 104 valence electrons. The minimum atomic E-state index is -0.135. The van der Waals surface area contributed by atoms with Crippen molar-refractivity contribution >= 4 is 0 Å². The van der Waals surface area contributed by atoms with Crippen molar-refractivity contribution in [3.8, 4) is 17.2 Å². The average molecular weight is 265 g/mol. The lowest BCUT2D eigenvalue weighted by molar-refractivity contribution is -0.0883. The minimum absolute atomic E-state index is 0.135. The lowest BCUT2D eigenvalue weighted by Gasteiger charge is -2.38. The topological polar surface area (TPSA) is 51.2 Å². The maximum absolute atomic E-state index is 10.0. The normalized spacial score (nSPS) is 21.6. The molecule has 0 radical (unpaired) electrons. The molecule has 3 rings (SSSR count). The number of phenolic OH excluding ortho intramolecular Hbond substituents is 1. The van der Waals surface area contributed by atoms with E-state index in [1.54, 1.807) is 6.07 Å². The van der Waals surface area contributed by atoms with Crippen molar-refractivity contribution in [1.29, 1.82) is 0 Å². The molecule has 0 aromatic heterocycles. The van der Waals surface area contributed by atoms with E-state index in [1.807, 2.05) is 6.07 Å². The number of benzene rings is 1. The SMILES string of the molecule is CC1(C)CN(Cc2cc3c(cc2O)OCO3)CCO1. The van der Waals surface area contributed by atoms with Gasteiger partial charge in [0, 0.05) is 31.3 Å². The zero-order valence-electron chi connectivity index (χ0n) is 11.3. The molecule has 2 aliphatic heterocycles. The van der Waals surface area contributed by atoms with Gasteiger partial charge in [-0.3, -0.25) is 4.90 Å². The molecule has 1 saturated heterocycles. The van der Waals surface area contributed by atoms with Crippen LogP contribution in [0.25, 0.3) is 0 Å². The summed E-state index contributed by atoms with van der Waals surface area (Å²) in [7, 11) is 0. The molecule has 1 N–H and O–H groups in total. The second-order valence-corrected chi connectivity index (χ2v) is 5.65. The third-order valence-corrected chi connectivity index (χ3v) is 3.47. The summed E-state index contributed by atoms with van der Waals surface area (Å²) in [6.45, 7) is 7.52. The van der Waals surface area contributed by atoms with Crippen LogP contribution in [0.15, 0.2) is 12.1 Å². The van der Waals surface area contributed by atoms with E-state index in [1.165, 1.54) is 0 Å². The van der Waals surface area contributed by atoms with Crippen molar-refractivity contribution in [2.75, 3.05) is 26.5 Å². The Morgan fingerprint density at radius 3 is 2.74 bits per heavy atom. The second-order valence-electron chi connectivity index (χ2n) is 5.65. The van der Waals surface area contributed by atoms with Gasteiger partial charge in [-0.15, -0.1) is 0 Å². The van der Waals surface area contributed by atoms with Crippen LogP contribution < -0.4 is 9.47 Å². The lowest BCUT2D eigenvalue weighted by Crippen LogP contribution is -2.47. The van der Waals surface area contributed by atoms with Gasteiger partial charge in [-0.25, -0.2) is 0 Å². The summed E-state index contributed by atoms with van der Waals surface area (Å²) < 4.78 is 16.3. The molecule has 19 heavy (non-hydrogen) atoms. The van der Waals surface area contributed by atoms with Crippen LogP contribution >= 0.6 is 0 Å². The summed E-state index contributed by atoms with van der Waals surface area (Å²) in [4.78, 5) is 2.28. The van der Waals surface area contributed by atoms with Gasteiger partial charge in [0.05, 0.1) is 12.2 Å². The Balaban J connectivity index is 1.76. The van der Waals surface area contributed by atoms with Gasteiger partial charge in [-0.2, -0.15) is 0 Å². The molecule has 1 aromatic rings. The third kappa shape index (κ3) is 2.62. The number of aromatic hydroxyl groups is 1. The zero-order valence-corrected chi connectivity index (χ0v) is 11.3. The summed E-state index contributed by atoms with van der Waals surface area (Å²) in [6, 6.07) is 3.49. The fourth-order valence-electron chi connectivity index (χ4n) is 2.59. The second kappa shape index (κ2) is 4.58. The lowest BCUT2D eigenvalue weighted by atomic mass is 10.1. The molecule has 0 atom stereocenters. The Labute approximate surface area is 112 Å². The molecule has 0 aliphatic carbocycles. The molecule has 5 nitrogen and oxygen atoms in total. The first kappa shape index (κ1) is 12.6. The van der Waals surface area contributed by atoms with Crippen molar-refractivity contribution in [2.24, 2.45) is 0 Å². The first-order chi connectivity index (χ1) is 9.03. The highest BCUT2D eigenvalue weighted by Gasteiger charge is 2.28. The molecule has 5 heteroatoms. The summed E-state index contributed by atoms with van der Waals surface area (Å²) in [5, 5.41) is 10.0. The van der Waals surface area contributed by atoms with Gasteiger partial charge in [0.2, 0.25) is 6.79 Å². The molecule has 0 saturated carbocycles. The van der Waals surface area contributed by atoms with E-state index >= 15 is 0 Å². The minimum Gasteiger partial charge on any atom is -0.507 e. The van der Waals surface area contributed by atoms with Gasteiger partial charge in [-0.05, 0) is 19.9 Å². The number of hydrogen-bond donors (Lipinski definition) is 1. The predicted molar refractivity (Wildman–Crippen MR) is 69.5 cm³/mol. The Hall–Kier alpha value is -1.46. The van der Waals surface area contributed by atoms with Crippen molar-refractivity contribution in [2.45, 2.75) is 26.0 Å². The fraction of sp³-hybridized carbons (Fsp3) is 0.571. The van der Waals surface area contributed by atoms with Crippen LogP contribution in [0, 0.1) is 0 Å². The van der Waals surface area contributed by atoms with Gasteiger partial charge < -0.3 is 19.3 Å². The molecular weight excluding hydrogens is 246 g/mol. The summed E-state index contributed by atoms with van der Waals surface area (Å²) in [6.07, 6.45) is 0. The molecule has 1 aromatic carbocycles. The van der Waals surface area contributed by atoms with Crippen LogP contribution in [-0.4, -0.2) is 42.1 Å². The van der Waals surface area contributed by atoms with E-state index in [-0.39, 0.29) is 18.1 Å². The van der Waals surface area contributed by atoms with E-state index in [9.17, 15) is 5.11 Å². The van der Waals surface area contributed by atoms with E-state index in [0.717, 1.165) is 25.3 Å². The van der Waals surface area contributed by atoms with E-state index in [0.29, 0.717) is 18.0 Å². The smallest absolute Gasteiger partial charge is 0.231 e. The highest BCUT2D eigenvalue weighted by molar-refractivity contribution is 5.51. The summed E-state index contributed by atoms with van der Waals surface area (Å²) in [5.74, 6) is 1.58. The van der Waals surface area contributed by atoms with Crippen LogP contribution in [-0.2, 0) is 11.3 Å². The third-order valence-electron chi connectivity index (χ3n) is 3.47. The summed E-state index contributed by atoms with van der Waals surface area (Å²) >= 11 is 0. The van der Waals surface area contributed by atoms with Gasteiger partial charge in [0.25, 0.3) is 0 Å². The molecular formula is C14H19NO4. The van der Waals surface area contributed by atoms with Gasteiger partial charge in [0.15, 0.2) is 11.5 Å². The largest absolute Gasteiger partial charge is 0.507 e. The van der Waals surface area contributed by atoms with Crippen LogP contribution in [0.3, 0.4) is 0 Å². The molecule has 0 spiro atoms. The summed E-state index contributed by atoms with van der Waals surface area (Å²) in [5.41, 5.74) is 0.728. The first-order valence-corrected chi connectivity index (χ1v) is 6.51. The van der Waals surface area contributed by atoms with Gasteiger partial charge in [-0.1, -0.05) is 0 Å². The molecule has 1 fully saturated rings. The van der Waals surface area contributed by atoms with Crippen LogP contribution in [0.1, 0.15) is 19.4 Å². The standard InChI is InChI=1S/C14H19NO4/c1-14(2)8-15(3-4-19-14)7-10-5-12-13(6-11(10)16)18-9-17-12/h5-6,16H,3-4,7-9H2,1-2H3. The number of phenols is 1. The maximum atomic E-state index is 10.0. The Morgan fingerprint density at radius 2 is 2.00 bits per heavy atom. The molecule has 0 amide bonds. The molecule has 2 heterocycles. The average Bonchev–Trinajstić information content (AvgIpc) is 2.75. The number of hydrogen-bond acceptors (Lipinski definition) is 5. The predicted octanol–water partition coefficient (Wildman–Crippen LogP) is 1.73. The Kier molecular flexibility index (Phi) is 3.03. The number of ether oxygens (including phenoxy) is 3. The van der Waals surface area contributed by atoms with Crippen molar-refractivity contribution < 1.29 is 19.3 Å². The van der Waals surface area contributed by atoms with Crippen molar-refractivity contribution in [3.63, 3.8) is 0 Å². The number of nitrogens with zero attached hydrogens (tertiary/aromatic N) is 1. The maximum Gasteiger partial charge on any atom is 0.231 e. The fourth-order valence-corrected chi connectivity index (χ4v) is 2.59. The van der Waals surface area contributed by atoms with Crippen LogP contribution in [0.4, 0.5) is 0 Å².